The number of benzene rings is 3. The van der Waals surface area contributed by atoms with Crippen LogP contribution in [0.5, 0.6) is 0 Å². The van der Waals surface area contributed by atoms with E-state index in [9.17, 15) is 9.59 Å². The van der Waals surface area contributed by atoms with Gasteiger partial charge in [0.15, 0.2) is 0 Å². The van der Waals surface area contributed by atoms with E-state index < -0.39 is 15.7 Å². The Morgan fingerprint density at radius 1 is 0.946 bits per heavy atom. The number of carbonyl (C=O) groups is 2. The number of hydrogen-bond donors (Lipinski definition) is 2. The molecule has 2 amide bonds. The van der Waals surface area contributed by atoms with Gasteiger partial charge in [-0.1, -0.05) is 46.9 Å². The fraction of sp³-hybridized carbons (Fsp3) is 0.185. The standard InChI is InChI=1S/C27H20Cl5N3O2/c1-35-8-7-15-3-2-4-22(24(15)35)34-25(37)20-12-19(5-6-21(20)30)33-23(36)13-26(14-27(26,31)32)16-9-17(28)11-18(29)10-16/h2-12H,13-14H2,1H3,(H,33,36)(H,34,37). The summed E-state index contributed by atoms with van der Waals surface area (Å²) in [5.74, 6) is -0.732. The van der Waals surface area contributed by atoms with Crippen molar-refractivity contribution in [3.63, 3.8) is 0 Å². The van der Waals surface area contributed by atoms with Gasteiger partial charge in [-0.2, -0.15) is 0 Å². The maximum atomic E-state index is 13.1. The van der Waals surface area contributed by atoms with Crippen molar-refractivity contribution in [3.8, 4) is 0 Å². The fourth-order valence-corrected chi connectivity index (χ4v) is 6.21. The molecule has 37 heavy (non-hydrogen) atoms. The maximum Gasteiger partial charge on any atom is 0.257 e. The van der Waals surface area contributed by atoms with Gasteiger partial charge in [-0.15, -0.1) is 23.2 Å². The van der Waals surface area contributed by atoms with Crippen molar-refractivity contribution >= 4 is 92.1 Å². The molecule has 1 aliphatic rings. The number of anilines is 2. The number of fused-ring (bicyclic) bond motifs is 1. The minimum absolute atomic E-state index is 0.00366. The van der Waals surface area contributed by atoms with Crippen molar-refractivity contribution in [2.45, 2.75) is 22.6 Å². The zero-order valence-electron chi connectivity index (χ0n) is 19.4. The number of aromatic nitrogens is 1. The summed E-state index contributed by atoms with van der Waals surface area (Å²) in [5, 5.41) is 7.86. The Labute approximate surface area is 238 Å². The first-order valence-corrected chi connectivity index (χ1v) is 13.2. The summed E-state index contributed by atoms with van der Waals surface area (Å²) >= 11 is 31.7. The zero-order chi connectivity index (χ0) is 26.5. The molecule has 0 radical (unpaired) electrons. The van der Waals surface area contributed by atoms with Crippen LogP contribution in [-0.2, 0) is 17.3 Å². The van der Waals surface area contributed by atoms with E-state index in [0.29, 0.717) is 33.4 Å². The van der Waals surface area contributed by atoms with Crippen molar-refractivity contribution in [1.29, 1.82) is 0 Å². The predicted molar refractivity (Wildman–Crippen MR) is 153 cm³/mol. The van der Waals surface area contributed by atoms with Gasteiger partial charge >= 0.3 is 0 Å². The van der Waals surface area contributed by atoms with Crippen molar-refractivity contribution in [2.24, 2.45) is 7.05 Å². The summed E-state index contributed by atoms with van der Waals surface area (Å²) in [6.45, 7) is 0. The molecule has 1 unspecified atom stereocenters. The fourth-order valence-electron chi connectivity index (χ4n) is 4.68. The molecule has 1 aromatic heterocycles. The zero-order valence-corrected chi connectivity index (χ0v) is 23.2. The van der Waals surface area contributed by atoms with Crippen LogP contribution in [-0.4, -0.2) is 20.7 Å². The topological polar surface area (TPSA) is 63.1 Å². The minimum Gasteiger partial charge on any atom is -0.349 e. The molecule has 4 aromatic rings. The first-order chi connectivity index (χ1) is 17.5. The van der Waals surface area contributed by atoms with Gasteiger partial charge in [0, 0.05) is 46.2 Å². The van der Waals surface area contributed by atoms with Crippen molar-refractivity contribution < 1.29 is 9.59 Å². The molecule has 0 spiro atoms. The monoisotopic (exact) mass is 593 g/mol. The third-order valence-corrected chi connectivity index (χ3v) is 8.37. The molecule has 2 N–H and O–H groups in total. The summed E-state index contributed by atoms with van der Waals surface area (Å²) in [5.41, 5.74) is 2.02. The van der Waals surface area contributed by atoms with E-state index in [-0.39, 0.29) is 22.9 Å². The van der Waals surface area contributed by atoms with E-state index in [4.69, 9.17) is 58.0 Å². The minimum atomic E-state index is -1.14. The van der Waals surface area contributed by atoms with Crippen LogP contribution in [0, 0.1) is 0 Å². The summed E-state index contributed by atoms with van der Waals surface area (Å²) in [6.07, 6.45) is 2.28. The second kappa shape index (κ2) is 9.72. The molecule has 1 fully saturated rings. The van der Waals surface area contributed by atoms with Gasteiger partial charge in [-0.05, 0) is 60.5 Å². The number of carbonyl (C=O) groups excluding carboxylic acids is 2. The summed E-state index contributed by atoms with van der Waals surface area (Å²) in [4.78, 5) is 26.2. The van der Waals surface area contributed by atoms with E-state index in [2.05, 4.69) is 10.6 Å². The van der Waals surface area contributed by atoms with Crippen LogP contribution in [0.4, 0.5) is 11.4 Å². The molecule has 10 heteroatoms. The maximum absolute atomic E-state index is 13.1. The highest BCUT2D eigenvalue weighted by atomic mass is 35.5. The lowest BCUT2D eigenvalue weighted by molar-refractivity contribution is -0.116. The molecule has 5 nitrogen and oxygen atoms in total. The van der Waals surface area contributed by atoms with Gasteiger partial charge in [0.2, 0.25) is 5.91 Å². The lowest BCUT2D eigenvalue weighted by atomic mass is 9.91. The van der Waals surface area contributed by atoms with Crippen LogP contribution in [0.3, 0.4) is 0 Å². The van der Waals surface area contributed by atoms with Gasteiger partial charge in [-0.25, -0.2) is 0 Å². The van der Waals surface area contributed by atoms with Crippen LogP contribution < -0.4 is 10.6 Å². The van der Waals surface area contributed by atoms with E-state index >= 15 is 0 Å². The van der Waals surface area contributed by atoms with Crippen LogP contribution in [0.1, 0.15) is 28.8 Å². The van der Waals surface area contributed by atoms with E-state index in [1.165, 1.54) is 6.07 Å². The molecule has 190 valence electrons. The molecule has 0 saturated heterocycles. The Bertz CT molecular complexity index is 1540. The Kier molecular flexibility index (Phi) is 6.88. The van der Waals surface area contributed by atoms with E-state index in [1.807, 2.05) is 42.1 Å². The first-order valence-electron chi connectivity index (χ1n) is 11.3. The largest absolute Gasteiger partial charge is 0.349 e. The average molecular weight is 596 g/mol. The molecular weight excluding hydrogens is 576 g/mol. The average Bonchev–Trinajstić information content (AvgIpc) is 3.16. The number of amides is 2. The Morgan fingerprint density at radius 2 is 1.65 bits per heavy atom. The first kappa shape index (κ1) is 26.2. The second-order valence-electron chi connectivity index (χ2n) is 9.17. The Morgan fingerprint density at radius 3 is 2.32 bits per heavy atom. The van der Waals surface area contributed by atoms with Crippen molar-refractivity contribution in [3.05, 3.63) is 93.1 Å². The number of alkyl halides is 2. The van der Waals surface area contributed by atoms with Gasteiger partial charge in [0.1, 0.15) is 4.33 Å². The lowest BCUT2D eigenvalue weighted by Crippen LogP contribution is -2.24. The third kappa shape index (κ3) is 5.04. The second-order valence-corrected chi connectivity index (χ2v) is 11.9. The molecule has 1 saturated carbocycles. The van der Waals surface area contributed by atoms with E-state index in [0.717, 1.165) is 10.9 Å². The molecule has 1 atom stereocenters. The van der Waals surface area contributed by atoms with Gasteiger partial charge in [-0.3, -0.25) is 9.59 Å². The summed E-state index contributed by atoms with van der Waals surface area (Å²) in [6, 6.07) is 17.4. The number of nitrogens with zero attached hydrogens (tertiary/aromatic N) is 1. The Hall–Kier alpha value is -2.41. The van der Waals surface area contributed by atoms with Gasteiger partial charge < -0.3 is 15.2 Å². The highest BCUT2D eigenvalue weighted by Crippen LogP contribution is 2.67. The molecule has 1 aliphatic carbocycles. The number of hydrogen-bond acceptors (Lipinski definition) is 2. The molecule has 0 bridgehead atoms. The number of halogens is 5. The highest BCUT2D eigenvalue weighted by molar-refractivity contribution is 6.52. The summed E-state index contributed by atoms with van der Waals surface area (Å²) in [7, 11) is 1.90. The highest BCUT2D eigenvalue weighted by Gasteiger charge is 2.67. The number of aryl methyl sites for hydroxylation is 1. The Balaban J connectivity index is 1.35. The predicted octanol–water partition coefficient (Wildman–Crippen LogP) is 8.24. The van der Waals surface area contributed by atoms with Crippen LogP contribution in [0.15, 0.2) is 66.9 Å². The number of para-hydroxylation sites is 1. The quantitative estimate of drug-likeness (QED) is 0.221. The smallest absolute Gasteiger partial charge is 0.257 e. The van der Waals surface area contributed by atoms with Gasteiger partial charge in [0.05, 0.1) is 21.8 Å². The molecule has 5 rings (SSSR count). The lowest BCUT2D eigenvalue weighted by Gasteiger charge is -2.19. The third-order valence-electron chi connectivity index (χ3n) is 6.62. The molecular formula is C27H20Cl5N3O2. The van der Waals surface area contributed by atoms with Crippen LogP contribution >= 0.6 is 58.0 Å². The van der Waals surface area contributed by atoms with Crippen molar-refractivity contribution in [1.82, 2.24) is 4.57 Å². The molecule has 0 aliphatic heterocycles. The van der Waals surface area contributed by atoms with Crippen molar-refractivity contribution in [2.75, 3.05) is 10.6 Å². The SMILES string of the molecule is Cn1ccc2cccc(NC(=O)c3cc(NC(=O)CC4(c5cc(Cl)cc(Cl)c5)CC4(Cl)Cl)ccc3Cl)c21. The van der Waals surface area contributed by atoms with Crippen LogP contribution in [0.25, 0.3) is 10.9 Å². The molecule has 1 heterocycles. The van der Waals surface area contributed by atoms with Gasteiger partial charge in [0.25, 0.3) is 5.91 Å². The van der Waals surface area contributed by atoms with Crippen LogP contribution in [0.2, 0.25) is 15.1 Å². The number of nitrogens with one attached hydrogen (secondary N) is 2. The number of rotatable bonds is 6. The normalized spacial score (nSPS) is 18.0. The molecule has 3 aromatic carbocycles. The van der Waals surface area contributed by atoms with E-state index in [1.54, 1.807) is 30.3 Å². The summed E-state index contributed by atoms with van der Waals surface area (Å²) < 4.78 is 0.791.